The molecule has 7 heteroatoms. The van der Waals surface area contributed by atoms with E-state index in [1.807, 2.05) is 17.8 Å². The summed E-state index contributed by atoms with van der Waals surface area (Å²) in [5.41, 5.74) is 7.03. The minimum absolute atomic E-state index is 0.00624. The molecule has 2 heterocycles. The normalized spacial score (nSPS) is 21.5. The zero-order valence-electron chi connectivity index (χ0n) is 11.8. The highest BCUT2D eigenvalue weighted by molar-refractivity contribution is 7.99. The third-order valence-corrected chi connectivity index (χ3v) is 4.60. The summed E-state index contributed by atoms with van der Waals surface area (Å²) in [4.78, 5) is 24.0. The zero-order valence-corrected chi connectivity index (χ0v) is 12.6. The monoisotopic (exact) mass is 322 g/mol. The minimum Gasteiger partial charge on any atom is -0.434 e. The van der Waals surface area contributed by atoms with Gasteiger partial charge in [-0.05, 0) is 35.9 Å². The van der Waals surface area contributed by atoms with Gasteiger partial charge in [0.1, 0.15) is 5.82 Å². The lowest BCUT2D eigenvalue weighted by molar-refractivity contribution is -0.124. The number of amides is 2. The highest BCUT2D eigenvalue weighted by Gasteiger charge is 2.36. The standard InChI is InChI=1S/C15H15FN2O3S/c16-12-7-10(18-8-13(14(17)19)21-15(18)20)1-2-11(12)9-3-5-22-6-4-9/h1-3,7,13H,4-6,8H2,(H2,17,19)/t13-/m1/s1. The van der Waals surface area contributed by atoms with Crippen molar-refractivity contribution in [3.8, 4) is 0 Å². The van der Waals surface area contributed by atoms with Gasteiger partial charge in [0.2, 0.25) is 0 Å². The van der Waals surface area contributed by atoms with Crippen molar-refractivity contribution < 1.29 is 18.7 Å². The van der Waals surface area contributed by atoms with Crippen LogP contribution in [0.2, 0.25) is 0 Å². The van der Waals surface area contributed by atoms with Gasteiger partial charge in [0.25, 0.3) is 5.91 Å². The van der Waals surface area contributed by atoms with E-state index in [0.717, 1.165) is 23.5 Å². The molecule has 2 amide bonds. The topological polar surface area (TPSA) is 72.6 Å². The molecule has 0 aromatic heterocycles. The van der Waals surface area contributed by atoms with Crippen LogP contribution < -0.4 is 10.6 Å². The highest BCUT2D eigenvalue weighted by atomic mass is 32.2. The predicted octanol–water partition coefficient (Wildman–Crippen LogP) is 2.16. The van der Waals surface area contributed by atoms with E-state index in [4.69, 9.17) is 10.5 Å². The summed E-state index contributed by atoms with van der Waals surface area (Å²) in [5, 5.41) is 0. The molecule has 0 unspecified atom stereocenters. The quantitative estimate of drug-likeness (QED) is 0.925. The lowest BCUT2D eigenvalue weighted by Crippen LogP contribution is -2.32. The average molecular weight is 322 g/mol. The van der Waals surface area contributed by atoms with E-state index in [-0.39, 0.29) is 12.4 Å². The Bertz CT molecular complexity index is 662. The summed E-state index contributed by atoms with van der Waals surface area (Å²) in [6, 6.07) is 4.62. The Morgan fingerprint density at radius 3 is 2.86 bits per heavy atom. The molecule has 2 aliphatic heterocycles. The number of carbonyl (C=O) groups excluding carboxylic acids is 2. The van der Waals surface area contributed by atoms with E-state index in [0.29, 0.717) is 11.3 Å². The van der Waals surface area contributed by atoms with Crippen molar-refractivity contribution in [2.75, 3.05) is 23.0 Å². The molecule has 22 heavy (non-hydrogen) atoms. The van der Waals surface area contributed by atoms with Crippen LogP contribution in [-0.4, -0.2) is 36.2 Å². The molecule has 1 atom stereocenters. The van der Waals surface area contributed by atoms with Gasteiger partial charge in [-0.1, -0.05) is 6.08 Å². The van der Waals surface area contributed by atoms with E-state index in [1.165, 1.54) is 11.0 Å². The molecule has 0 saturated carbocycles. The molecule has 116 valence electrons. The first-order valence-corrected chi connectivity index (χ1v) is 8.06. The molecule has 0 spiro atoms. The summed E-state index contributed by atoms with van der Waals surface area (Å²) in [7, 11) is 0. The lowest BCUT2D eigenvalue weighted by Gasteiger charge is -2.17. The SMILES string of the molecule is NC(=O)[C@H]1CN(c2ccc(C3=CCSCC3)c(F)c2)C(=O)O1. The van der Waals surface area contributed by atoms with Crippen molar-refractivity contribution in [3.05, 3.63) is 35.7 Å². The van der Waals surface area contributed by atoms with Gasteiger partial charge in [-0.2, -0.15) is 11.8 Å². The molecule has 2 aliphatic rings. The van der Waals surface area contributed by atoms with Gasteiger partial charge in [0, 0.05) is 11.3 Å². The summed E-state index contributed by atoms with van der Waals surface area (Å²) in [5.74, 6) is 0.768. The average Bonchev–Trinajstić information content (AvgIpc) is 2.90. The summed E-state index contributed by atoms with van der Waals surface area (Å²) in [6.07, 6.45) is 1.17. The molecule has 0 radical (unpaired) electrons. The number of carbonyl (C=O) groups is 2. The third kappa shape index (κ3) is 2.81. The Morgan fingerprint density at radius 2 is 2.27 bits per heavy atom. The second kappa shape index (κ2) is 6.00. The second-order valence-corrected chi connectivity index (χ2v) is 6.25. The minimum atomic E-state index is -0.992. The smallest absolute Gasteiger partial charge is 0.415 e. The molecule has 1 aromatic rings. The van der Waals surface area contributed by atoms with Crippen molar-refractivity contribution in [1.29, 1.82) is 0 Å². The Hall–Kier alpha value is -2.02. The van der Waals surface area contributed by atoms with Gasteiger partial charge in [0.05, 0.1) is 12.2 Å². The molecule has 3 rings (SSSR count). The molecule has 1 aromatic carbocycles. The first kappa shape index (κ1) is 14.9. The van der Waals surface area contributed by atoms with Crippen molar-refractivity contribution >= 4 is 35.0 Å². The van der Waals surface area contributed by atoms with Gasteiger partial charge in [-0.15, -0.1) is 0 Å². The number of thioether (sulfide) groups is 1. The van der Waals surface area contributed by atoms with Gasteiger partial charge >= 0.3 is 6.09 Å². The van der Waals surface area contributed by atoms with Crippen LogP contribution in [0.1, 0.15) is 12.0 Å². The number of hydrogen-bond donors (Lipinski definition) is 1. The van der Waals surface area contributed by atoms with Crippen LogP contribution in [0.5, 0.6) is 0 Å². The number of benzene rings is 1. The Kier molecular flexibility index (Phi) is 4.06. The van der Waals surface area contributed by atoms with E-state index in [1.54, 1.807) is 12.1 Å². The molecule has 0 aliphatic carbocycles. The second-order valence-electron chi connectivity index (χ2n) is 5.10. The van der Waals surface area contributed by atoms with Gasteiger partial charge in [-0.3, -0.25) is 9.69 Å². The Morgan fingerprint density at radius 1 is 1.45 bits per heavy atom. The molecule has 1 saturated heterocycles. The van der Waals surface area contributed by atoms with E-state index in [9.17, 15) is 14.0 Å². The lowest BCUT2D eigenvalue weighted by atomic mass is 10.0. The van der Waals surface area contributed by atoms with E-state index in [2.05, 4.69) is 0 Å². The van der Waals surface area contributed by atoms with Crippen molar-refractivity contribution in [2.45, 2.75) is 12.5 Å². The Labute approximate surface area is 131 Å². The first-order valence-electron chi connectivity index (χ1n) is 6.90. The number of rotatable bonds is 3. The molecule has 1 fully saturated rings. The fraction of sp³-hybridized carbons (Fsp3) is 0.333. The Balaban J connectivity index is 1.84. The maximum absolute atomic E-state index is 14.4. The number of cyclic esters (lactones) is 1. The molecular weight excluding hydrogens is 307 g/mol. The van der Waals surface area contributed by atoms with Crippen molar-refractivity contribution in [1.82, 2.24) is 0 Å². The number of nitrogens with zero attached hydrogens (tertiary/aromatic N) is 1. The van der Waals surface area contributed by atoms with Crippen molar-refractivity contribution in [2.24, 2.45) is 5.73 Å². The third-order valence-electron chi connectivity index (χ3n) is 3.70. The van der Waals surface area contributed by atoms with Crippen LogP contribution in [0.25, 0.3) is 5.57 Å². The van der Waals surface area contributed by atoms with Gasteiger partial charge in [0.15, 0.2) is 6.10 Å². The van der Waals surface area contributed by atoms with E-state index < -0.39 is 18.1 Å². The summed E-state index contributed by atoms with van der Waals surface area (Å²) in [6.45, 7) is 0.00624. The number of hydrogen-bond acceptors (Lipinski definition) is 4. The molecule has 0 bridgehead atoms. The number of halogens is 1. The van der Waals surface area contributed by atoms with Gasteiger partial charge in [-0.25, -0.2) is 9.18 Å². The van der Waals surface area contributed by atoms with Crippen LogP contribution in [0.3, 0.4) is 0 Å². The maximum Gasteiger partial charge on any atom is 0.415 e. The largest absolute Gasteiger partial charge is 0.434 e. The summed E-state index contributed by atoms with van der Waals surface area (Å²) >= 11 is 1.81. The number of allylic oxidation sites excluding steroid dienone is 1. The summed E-state index contributed by atoms with van der Waals surface area (Å²) < 4.78 is 19.2. The van der Waals surface area contributed by atoms with Crippen molar-refractivity contribution in [3.63, 3.8) is 0 Å². The molecular formula is C15H15FN2O3S. The number of nitrogens with two attached hydrogens (primary N) is 1. The molecule has 5 nitrogen and oxygen atoms in total. The van der Waals surface area contributed by atoms with E-state index >= 15 is 0 Å². The van der Waals surface area contributed by atoms with Crippen LogP contribution >= 0.6 is 11.8 Å². The highest BCUT2D eigenvalue weighted by Crippen LogP contribution is 2.31. The predicted molar refractivity (Wildman–Crippen MR) is 83.1 cm³/mol. The number of ether oxygens (including phenoxy) is 1. The van der Waals surface area contributed by atoms with Gasteiger partial charge < -0.3 is 10.5 Å². The number of primary amides is 1. The fourth-order valence-electron chi connectivity index (χ4n) is 2.53. The molecule has 2 N–H and O–H groups in total. The van der Waals surface area contributed by atoms with Crippen LogP contribution in [0.15, 0.2) is 24.3 Å². The number of anilines is 1. The van der Waals surface area contributed by atoms with Crippen LogP contribution in [-0.2, 0) is 9.53 Å². The maximum atomic E-state index is 14.4. The van der Waals surface area contributed by atoms with Crippen LogP contribution in [0, 0.1) is 5.82 Å². The zero-order chi connectivity index (χ0) is 15.7. The fourth-order valence-corrected chi connectivity index (χ4v) is 3.38. The first-order chi connectivity index (χ1) is 10.6. The van der Waals surface area contributed by atoms with Crippen LogP contribution in [0.4, 0.5) is 14.9 Å².